The summed E-state index contributed by atoms with van der Waals surface area (Å²) in [5.74, 6) is 0.617. The van der Waals surface area contributed by atoms with Crippen molar-refractivity contribution in [2.75, 3.05) is 6.54 Å². The van der Waals surface area contributed by atoms with Crippen LogP contribution in [0.3, 0.4) is 0 Å². The first-order chi connectivity index (χ1) is 8.65. The van der Waals surface area contributed by atoms with E-state index in [2.05, 4.69) is 61.2 Å². The highest BCUT2D eigenvalue weighted by Crippen LogP contribution is 2.20. The standard InChI is InChI=1S/C16H24N2/c1-13(2)18(11-14-6-4-3-5-7-14)12-15-8-9-16(17)10-15/h3-9,13,15-16H,10-12,17H2,1-2H3. The molecule has 1 aromatic rings. The van der Waals surface area contributed by atoms with Crippen LogP contribution in [0.15, 0.2) is 42.5 Å². The van der Waals surface area contributed by atoms with E-state index in [9.17, 15) is 0 Å². The highest BCUT2D eigenvalue weighted by Gasteiger charge is 2.20. The molecule has 0 saturated heterocycles. The molecule has 98 valence electrons. The molecule has 0 amide bonds. The predicted octanol–water partition coefficient (Wildman–Crippen LogP) is 2.80. The van der Waals surface area contributed by atoms with Crippen LogP contribution in [0, 0.1) is 5.92 Å². The van der Waals surface area contributed by atoms with E-state index in [1.54, 1.807) is 0 Å². The minimum atomic E-state index is 0.265. The molecular weight excluding hydrogens is 220 g/mol. The Morgan fingerprint density at radius 3 is 2.50 bits per heavy atom. The van der Waals surface area contributed by atoms with Crippen LogP contribution in [0.4, 0.5) is 0 Å². The maximum atomic E-state index is 5.92. The van der Waals surface area contributed by atoms with Gasteiger partial charge in [0.15, 0.2) is 0 Å². The van der Waals surface area contributed by atoms with Crippen LogP contribution in [0.5, 0.6) is 0 Å². The lowest BCUT2D eigenvalue weighted by atomic mass is 10.1. The van der Waals surface area contributed by atoms with Gasteiger partial charge in [-0.1, -0.05) is 42.5 Å². The van der Waals surface area contributed by atoms with E-state index in [0.717, 1.165) is 19.5 Å². The topological polar surface area (TPSA) is 29.3 Å². The van der Waals surface area contributed by atoms with Crippen molar-refractivity contribution in [3.8, 4) is 0 Å². The number of nitrogens with two attached hydrogens (primary N) is 1. The van der Waals surface area contributed by atoms with Gasteiger partial charge in [0.1, 0.15) is 0 Å². The molecule has 1 aromatic carbocycles. The van der Waals surface area contributed by atoms with E-state index in [4.69, 9.17) is 5.73 Å². The Bertz CT molecular complexity index is 383. The first-order valence-corrected chi connectivity index (χ1v) is 6.87. The Balaban J connectivity index is 1.94. The van der Waals surface area contributed by atoms with Gasteiger partial charge in [0.25, 0.3) is 0 Å². The van der Waals surface area contributed by atoms with Crippen LogP contribution in [0.25, 0.3) is 0 Å². The van der Waals surface area contributed by atoms with Crippen molar-refractivity contribution in [3.05, 3.63) is 48.0 Å². The zero-order valence-electron chi connectivity index (χ0n) is 11.4. The monoisotopic (exact) mass is 244 g/mol. The van der Waals surface area contributed by atoms with Crippen molar-refractivity contribution in [1.29, 1.82) is 0 Å². The average molecular weight is 244 g/mol. The normalized spacial score (nSPS) is 23.2. The number of hydrogen-bond acceptors (Lipinski definition) is 2. The molecule has 0 radical (unpaired) electrons. The molecule has 0 aliphatic heterocycles. The first kappa shape index (κ1) is 13.3. The van der Waals surface area contributed by atoms with E-state index in [1.807, 2.05) is 0 Å². The minimum Gasteiger partial charge on any atom is -0.324 e. The molecule has 0 heterocycles. The molecule has 2 nitrogen and oxygen atoms in total. The van der Waals surface area contributed by atoms with Gasteiger partial charge in [-0.3, -0.25) is 4.90 Å². The average Bonchev–Trinajstić information content (AvgIpc) is 2.75. The highest BCUT2D eigenvalue weighted by atomic mass is 15.1. The molecule has 0 bridgehead atoms. The number of rotatable bonds is 5. The Labute approximate surface area is 110 Å². The third-order valence-corrected chi connectivity index (χ3v) is 3.63. The van der Waals surface area contributed by atoms with Gasteiger partial charge in [0.2, 0.25) is 0 Å². The van der Waals surface area contributed by atoms with Gasteiger partial charge in [0, 0.05) is 25.2 Å². The first-order valence-electron chi connectivity index (χ1n) is 6.87. The van der Waals surface area contributed by atoms with Crippen LogP contribution in [0.1, 0.15) is 25.8 Å². The fourth-order valence-corrected chi connectivity index (χ4v) is 2.52. The molecular formula is C16H24N2. The van der Waals surface area contributed by atoms with Crippen LogP contribution < -0.4 is 5.73 Å². The predicted molar refractivity (Wildman–Crippen MR) is 77.2 cm³/mol. The van der Waals surface area contributed by atoms with Crippen molar-refractivity contribution in [1.82, 2.24) is 4.90 Å². The van der Waals surface area contributed by atoms with Gasteiger partial charge < -0.3 is 5.73 Å². The molecule has 0 spiro atoms. The quantitative estimate of drug-likeness (QED) is 0.807. The molecule has 2 N–H and O–H groups in total. The molecule has 2 rings (SSSR count). The third kappa shape index (κ3) is 3.69. The number of nitrogens with zero attached hydrogens (tertiary/aromatic N) is 1. The third-order valence-electron chi connectivity index (χ3n) is 3.63. The van der Waals surface area contributed by atoms with E-state index >= 15 is 0 Å². The summed E-state index contributed by atoms with van der Waals surface area (Å²) in [5, 5.41) is 0. The zero-order chi connectivity index (χ0) is 13.0. The zero-order valence-corrected chi connectivity index (χ0v) is 11.4. The second-order valence-electron chi connectivity index (χ2n) is 5.55. The number of hydrogen-bond donors (Lipinski definition) is 1. The van der Waals surface area contributed by atoms with E-state index in [1.165, 1.54) is 5.56 Å². The van der Waals surface area contributed by atoms with Crippen molar-refractivity contribution < 1.29 is 0 Å². The van der Waals surface area contributed by atoms with Gasteiger partial charge in [-0.05, 0) is 31.7 Å². The molecule has 0 fully saturated rings. The summed E-state index contributed by atoms with van der Waals surface area (Å²) in [6, 6.07) is 11.5. The molecule has 0 aromatic heterocycles. The summed E-state index contributed by atoms with van der Waals surface area (Å²) < 4.78 is 0. The molecule has 2 heteroatoms. The van der Waals surface area contributed by atoms with Crippen LogP contribution >= 0.6 is 0 Å². The van der Waals surface area contributed by atoms with Crippen molar-refractivity contribution in [2.24, 2.45) is 11.7 Å². The summed E-state index contributed by atoms with van der Waals surface area (Å²) >= 11 is 0. The molecule has 1 aliphatic rings. The Morgan fingerprint density at radius 1 is 1.22 bits per heavy atom. The van der Waals surface area contributed by atoms with Crippen molar-refractivity contribution >= 4 is 0 Å². The maximum absolute atomic E-state index is 5.92. The van der Waals surface area contributed by atoms with Gasteiger partial charge in [-0.15, -0.1) is 0 Å². The van der Waals surface area contributed by atoms with Gasteiger partial charge >= 0.3 is 0 Å². The fourth-order valence-electron chi connectivity index (χ4n) is 2.52. The lowest BCUT2D eigenvalue weighted by Gasteiger charge is -2.29. The van der Waals surface area contributed by atoms with Gasteiger partial charge in [0.05, 0.1) is 0 Å². The molecule has 1 aliphatic carbocycles. The highest BCUT2D eigenvalue weighted by molar-refractivity contribution is 5.15. The SMILES string of the molecule is CC(C)N(Cc1ccccc1)CC1C=CC(N)C1. The number of benzene rings is 1. The van der Waals surface area contributed by atoms with Crippen molar-refractivity contribution in [3.63, 3.8) is 0 Å². The lowest BCUT2D eigenvalue weighted by molar-refractivity contribution is 0.190. The summed E-state index contributed by atoms with van der Waals surface area (Å²) in [6.07, 6.45) is 5.52. The Kier molecular flexibility index (Phi) is 4.56. The van der Waals surface area contributed by atoms with Crippen LogP contribution in [-0.4, -0.2) is 23.5 Å². The van der Waals surface area contributed by atoms with Crippen LogP contribution in [-0.2, 0) is 6.54 Å². The summed E-state index contributed by atoms with van der Waals surface area (Å²) in [6.45, 7) is 6.66. The van der Waals surface area contributed by atoms with E-state index in [-0.39, 0.29) is 6.04 Å². The Morgan fingerprint density at radius 2 is 1.94 bits per heavy atom. The molecule has 18 heavy (non-hydrogen) atoms. The summed E-state index contributed by atoms with van der Waals surface area (Å²) in [4.78, 5) is 2.53. The summed E-state index contributed by atoms with van der Waals surface area (Å²) in [7, 11) is 0. The smallest absolute Gasteiger partial charge is 0.0236 e. The largest absolute Gasteiger partial charge is 0.324 e. The Hall–Kier alpha value is -1.12. The second kappa shape index (κ2) is 6.17. The van der Waals surface area contributed by atoms with Crippen molar-refractivity contribution in [2.45, 2.75) is 38.9 Å². The molecule has 2 unspecified atom stereocenters. The minimum absolute atomic E-state index is 0.265. The second-order valence-corrected chi connectivity index (χ2v) is 5.55. The molecule has 0 saturated carbocycles. The summed E-state index contributed by atoms with van der Waals surface area (Å²) in [5.41, 5.74) is 7.31. The maximum Gasteiger partial charge on any atom is 0.0236 e. The van der Waals surface area contributed by atoms with E-state index < -0.39 is 0 Å². The van der Waals surface area contributed by atoms with Crippen LogP contribution in [0.2, 0.25) is 0 Å². The fraction of sp³-hybridized carbons (Fsp3) is 0.500. The van der Waals surface area contributed by atoms with Gasteiger partial charge in [-0.2, -0.15) is 0 Å². The molecule has 2 atom stereocenters. The van der Waals surface area contributed by atoms with E-state index in [0.29, 0.717) is 12.0 Å². The van der Waals surface area contributed by atoms with Gasteiger partial charge in [-0.25, -0.2) is 0 Å². The lowest BCUT2D eigenvalue weighted by Crippen LogP contribution is -2.34.